The average Bonchev–Trinajstić information content (AvgIpc) is 2.25. The summed E-state index contributed by atoms with van der Waals surface area (Å²) >= 11 is 1.51. The van der Waals surface area contributed by atoms with E-state index >= 15 is 0 Å². The van der Waals surface area contributed by atoms with E-state index in [2.05, 4.69) is 4.98 Å². The standard InChI is InChI=1S/C10H16N2O2S/c1-2-14-6-8(13)7-15-10-3-4-12-5-9(10)11/h3-5,8,13H,2,6-7,11H2,1H3. The lowest BCUT2D eigenvalue weighted by Crippen LogP contribution is -2.17. The minimum atomic E-state index is -0.456. The number of rotatable bonds is 6. The summed E-state index contributed by atoms with van der Waals surface area (Å²) in [6.07, 6.45) is 2.84. The minimum absolute atomic E-state index is 0.370. The maximum Gasteiger partial charge on any atom is 0.0867 e. The highest BCUT2D eigenvalue weighted by Gasteiger charge is 2.06. The van der Waals surface area contributed by atoms with Crippen LogP contribution in [0.2, 0.25) is 0 Å². The lowest BCUT2D eigenvalue weighted by atomic mass is 10.4. The van der Waals surface area contributed by atoms with Gasteiger partial charge in [-0.3, -0.25) is 4.98 Å². The largest absolute Gasteiger partial charge is 0.397 e. The van der Waals surface area contributed by atoms with E-state index in [0.29, 0.717) is 24.7 Å². The Labute approximate surface area is 93.8 Å². The molecule has 0 amide bonds. The first-order valence-corrected chi connectivity index (χ1v) is 5.80. The molecule has 0 aliphatic rings. The van der Waals surface area contributed by atoms with Gasteiger partial charge in [-0.1, -0.05) is 0 Å². The third-order valence-electron chi connectivity index (χ3n) is 1.76. The van der Waals surface area contributed by atoms with Gasteiger partial charge >= 0.3 is 0 Å². The third kappa shape index (κ3) is 4.51. The molecule has 1 aromatic rings. The molecule has 1 unspecified atom stereocenters. The van der Waals surface area contributed by atoms with Crippen LogP contribution in [0.15, 0.2) is 23.4 Å². The van der Waals surface area contributed by atoms with Crippen LogP contribution in [-0.4, -0.2) is 35.2 Å². The van der Waals surface area contributed by atoms with E-state index in [4.69, 9.17) is 10.5 Å². The number of pyridine rings is 1. The first kappa shape index (κ1) is 12.3. The Morgan fingerprint density at radius 2 is 2.47 bits per heavy atom. The van der Waals surface area contributed by atoms with Gasteiger partial charge in [-0.05, 0) is 13.0 Å². The van der Waals surface area contributed by atoms with Crippen LogP contribution in [0.5, 0.6) is 0 Å². The number of thioether (sulfide) groups is 1. The molecule has 1 heterocycles. The van der Waals surface area contributed by atoms with Crippen molar-refractivity contribution in [2.45, 2.75) is 17.9 Å². The van der Waals surface area contributed by atoms with E-state index in [-0.39, 0.29) is 0 Å². The highest BCUT2D eigenvalue weighted by atomic mass is 32.2. The van der Waals surface area contributed by atoms with Gasteiger partial charge in [-0.2, -0.15) is 0 Å². The molecule has 0 saturated heterocycles. The second kappa shape index (κ2) is 6.66. The molecular formula is C10H16N2O2S. The van der Waals surface area contributed by atoms with Gasteiger partial charge in [0.05, 0.1) is 24.6 Å². The molecule has 1 rings (SSSR count). The molecule has 3 N–H and O–H groups in total. The van der Waals surface area contributed by atoms with Crippen LogP contribution in [-0.2, 0) is 4.74 Å². The van der Waals surface area contributed by atoms with Crippen molar-refractivity contribution < 1.29 is 9.84 Å². The van der Waals surface area contributed by atoms with Crippen molar-refractivity contribution in [1.82, 2.24) is 4.98 Å². The van der Waals surface area contributed by atoms with Crippen molar-refractivity contribution in [1.29, 1.82) is 0 Å². The van der Waals surface area contributed by atoms with Crippen molar-refractivity contribution in [3.8, 4) is 0 Å². The number of hydrogen-bond donors (Lipinski definition) is 2. The van der Waals surface area contributed by atoms with Crippen molar-refractivity contribution >= 4 is 17.4 Å². The summed E-state index contributed by atoms with van der Waals surface area (Å²) in [5, 5.41) is 9.53. The zero-order valence-corrected chi connectivity index (χ0v) is 9.54. The fourth-order valence-electron chi connectivity index (χ4n) is 1.01. The van der Waals surface area contributed by atoms with Crippen LogP contribution >= 0.6 is 11.8 Å². The Bertz CT molecular complexity index is 297. The molecule has 4 nitrogen and oxygen atoms in total. The number of nitrogens with zero attached hydrogens (tertiary/aromatic N) is 1. The quantitative estimate of drug-likeness (QED) is 0.715. The summed E-state index contributed by atoms with van der Waals surface area (Å²) in [4.78, 5) is 4.84. The van der Waals surface area contributed by atoms with Crippen LogP contribution < -0.4 is 5.73 Å². The van der Waals surface area contributed by atoms with E-state index in [1.54, 1.807) is 12.4 Å². The van der Waals surface area contributed by atoms with Crippen LogP contribution in [0.1, 0.15) is 6.92 Å². The number of ether oxygens (including phenoxy) is 1. The highest BCUT2D eigenvalue weighted by Crippen LogP contribution is 2.23. The molecule has 1 atom stereocenters. The molecule has 0 spiro atoms. The fourth-order valence-corrected chi connectivity index (χ4v) is 1.86. The van der Waals surface area contributed by atoms with E-state index in [0.717, 1.165) is 4.90 Å². The predicted molar refractivity (Wildman–Crippen MR) is 61.9 cm³/mol. The smallest absolute Gasteiger partial charge is 0.0867 e. The maximum absolute atomic E-state index is 9.53. The number of aliphatic hydroxyl groups excluding tert-OH is 1. The monoisotopic (exact) mass is 228 g/mol. The molecule has 84 valence electrons. The Kier molecular flexibility index (Phi) is 5.45. The average molecular weight is 228 g/mol. The van der Waals surface area contributed by atoms with Crippen molar-refractivity contribution in [2.24, 2.45) is 0 Å². The third-order valence-corrected chi connectivity index (χ3v) is 2.99. The number of anilines is 1. The Hall–Kier alpha value is -0.780. The zero-order chi connectivity index (χ0) is 11.1. The van der Waals surface area contributed by atoms with Gasteiger partial charge < -0.3 is 15.6 Å². The van der Waals surface area contributed by atoms with Crippen LogP contribution in [0.25, 0.3) is 0 Å². The first-order valence-electron chi connectivity index (χ1n) is 4.82. The number of nitrogens with two attached hydrogens (primary N) is 1. The summed E-state index contributed by atoms with van der Waals surface area (Å²) in [6.45, 7) is 2.90. The minimum Gasteiger partial charge on any atom is -0.397 e. The summed E-state index contributed by atoms with van der Waals surface area (Å²) in [5.74, 6) is 0.578. The Morgan fingerprint density at radius 1 is 1.67 bits per heavy atom. The summed E-state index contributed by atoms with van der Waals surface area (Å²) in [7, 11) is 0. The van der Waals surface area contributed by atoms with Crippen LogP contribution in [0.3, 0.4) is 0 Å². The van der Waals surface area contributed by atoms with Crippen LogP contribution in [0, 0.1) is 0 Å². The van der Waals surface area contributed by atoms with Gasteiger partial charge in [0.1, 0.15) is 0 Å². The molecule has 0 bridgehead atoms. The van der Waals surface area contributed by atoms with Gasteiger partial charge in [-0.15, -0.1) is 11.8 Å². The van der Waals surface area contributed by atoms with Gasteiger partial charge in [0.15, 0.2) is 0 Å². The van der Waals surface area contributed by atoms with E-state index in [1.165, 1.54) is 11.8 Å². The Morgan fingerprint density at radius 3 is 3.13 bits per heavy atom. The number of aromatic nitrogens is 1. The number of aliphatic hydroxyl groups is 1. The maximum atomic E-state index is 9.53. The molecule has 0 radical (unpaired) electrons. The summed E-state index contributed by atoms with van der Waals surface area (Å²) in [6, 6.07) is 1.84. The molecule has 0 aliphatic carbocycles. The molecule has 5 heteroatoms. The second-order valence-electron chi connectivity index (χ2n) is 3.04. The molecule has 1 aromatic heterocycles. The molecule has 15 heavy (non-hydrogen) atoms. The lowest BCUT2D eigenvalue weighted by molar-refractivity contribution is 0.0551. The number of nitrogen functional groups attached to an aromatic ring is 1. The molecule has 0 fully saturated rings. The SMILES string of the molecule is CCOCC(O)CSc1ccncc1N. The van der Waals surface area contributed by atoms with Crippen molar-refractivity contribution in [2.75, 3.05) is 24.7 Å². The first-order chi connectivity index (χ1) is 7.24. The lowest BCUT2D eigenvalue weighted by Gasteiger charge is -2.10. The normalized spacial score (nSPS) is 12.7. The Balaban J connectivity index is 2.33. The van der Waals surface area contributed by atoms with Gasteiger partial charge in [0.25, 0.3) is 0 Å². The highest BCUT2D eigenvalue weighted by molar-refractivity contribution is 7.99. The van der Waals surface area contributed by atoms with Gasteiger partial charge in [-0.25, -0.2) is 0 Å². The summed E-state index contributed by atoms with van der Waals surface area (Å²) < 4.78 is 5.11. The van der Waals surface area contributed by atoms with E-state index in [1.807, 2.05) is 13.0 Å². The van der Waals surface area contributed by atoms with E-state index < -0.39 is 6.10 Å². The van der Waals surface area contributed by atoms with Crippen LogP contribution in [0.4, 0.5) is 5.69 Å². The second-order valence-corrected chi connectivity index (χ2v) is 4.10. The van der Waals surface area contributed by atoms with Gasteiger partial charge in [0, 0.05) is 23.5 Å². The van der Waals surface area contributed by atoms with Crippen molar-refractivity contribution in [3.05, 3.63) is 18.5 Å². The zero-order valence-electron chi connectivity index (χ0n) is 8.72. The summed E-state index contributed by atoms with van der Waals surface area (Å²) in [5.41, 5.74) is 6.36. The molecular weight excluding hydrogens is 212 g/mol. The fraction of sp³-hybridized carbons (Fsp3) is 0.500. The molecule has 0 aromatic carbocycles. The van der Waals surface area contributed by atoms with Crippen molar-refractivity contribution in [3.63, 3.8) is 0 Å². The molecule has 0 saturated carbocycles. The number of hydrogen-bond acceptors (Lipinski definition) is 5. The predicted octanol–water partition coefficient (Wildman–Crippen LogP) is 1.15. The molecule has 0 aliphatic heterocycles. The topological polar surface area (TPSA) is 68.4 Å². The van der Waals surface area contributed by atoms with E-state index in [9.17, 15) is 5.11 Å². The van der Waals surface area contributed by atoms with Gasteiger partial charge in [0.2, 0.25) is 0 Å².